The number of anilines is 1. The molecule has 0 amide bonds. The van der Waals surface area contributed by atoms with E-state index in [1.807, 2.05) is 6.92 Å². The first-order chi connectivity index (χ1) is 9.97. The Morgan fingerprint density at radius 2 is 2.10 bits per heavy atom. The van der Waals surface area contributed by atoms with Gasteiger partial charge in [-0.25, -0.2) is 18.1 Å². The molecule has 0 radical (unpaired) electrons. The molecule has 2 heterocycles. The molecule has 6 nitrogen and oxygen atoms in total. The molecule has 1 fully saturated rings. The number of hydrogen-bond donors (Lipinski definition) is 2. The van der Waals surface area contributed by atoms with Gasteiger partial charge in [-0.1, -0.05) is 6.92 Å². The Balaban J connectivity index is 2.11. The van der Waals surface area contributed by atoms with Crippen LogP contribution in [0.15, 0.2) is 23.2 Å². The fraction of sp³-hybridized carbons (Fsp3) is 0.643. The zero-order valence-corrected chi connectivity index (χ0v) is 13.4. The zero-order chi connectivity index (χ0) is 15.3. The maximum atomic E-state index is 12.5. The first kappa shape index (κ1) is 16.2. The van der Waals surface area contributed by atoms with Crippen molar-refractivity contribution in [3.8, 4) is 0 Å². The Labute approximate surface area is 126 Å². The van der Waals surface area contributed by atoms with E-state index in [2.05, 4.69) is 21.9 Å². The van der Waals surface area contributed by atoms with Gasteiger partial charge >= 0.3 is 0 Å². The summed E-state index contributed by atoms with van der Waals surface area (Å²) < 4.78 is 33.0. The van der Waals surface area contributed by atoms with Gasteiger partial charge in [-0.15, -0.1) is 0 Å². The van der Waals surface area contributed by atoms with Crippen LogP contribution in [0.1, 0.15) is 26.7 Å². The molecular weight excluding hydrogens is 290 g/mol. The van der Waals surface area contributed by atoms with E-state index in [-0.39, 0.29) is 10.3 Å². The van der Waals surface area contributed by atoms with Gasteiger partial charge in [0.25, 0.3) is 0 Å². The minimum Gasteiger partial charge on any atom is -0.381 e. The number of nitrogens with one attached hydrogen (secondary N) is 2. The average Bonchev–Trinajstić information content (AvgIpc) is 2.47. The molecule has 0 atom stereocenters. The highest BCUT2D eigenvalue weighted by Crippen LogP contribution is 2.29. The van der Waals surface area contributed by atoms with Gasteiger partial charge in [-0.2, -0.15) is 0 Å². The first-order valence-corrected chi connectivity index (χ1v) is 8.71. The van der Waals surface area contributed by atoms with E-state index >= 15 is 0 Å². The van der Waals surface area contributed by atoms with E-state index in [1.165, 1.54) is 0 Å². The molecule has 0 aromatic carbocycles. The van der Waals surface area contributed by atoms with Crippen LogP contribution in [0.25, 0.3) is 0 Å². The molecule has 0 bridgehead atoms. The summed E-state index contributed by atoms with van der Waals surface area (Å²) in [5, 5.41) is 2.98. The van der Waals surface area contributed by atoms with Crippen LogP contribution in [-0.2, 0) is 14.8 Å². The van der Waals surface area contributed by atoms with Crippen molar-refractivity contribution in [2.75, 3.05) is 31.6 Å². The van der Waals surface area contributed by atoms with Crippen molar-refractivity contribution in [2.45, 2.75) is 31.6 Å². The summed E-state index contributed by atoms with van der Waals surface area (Å²) in [4.78, 5) is 4.29. The lowest BCUT2D eigenvalue weighted by atomic mass is 9.83. The van der Waals surface area contributed by atoms with E-state index in [1.54, 1.807) is 18.3 Å². The van der Waals surface area contributed by atoms with Gasteiger partial charge < -0.3 is 10.1 Å². The molecule has 2 rings (SSSR count). The van der Waals surface area contributed by atoms with Gasteiger partial charge in [-0.05, 0) is 37.3 Å². The highest BCUT2D eigenvalue weighted by atomic mass is 32.2. The fourth-order valence-electron chi connectivity index (χ4n) is 2.30. The Bertz CT molecular complexity index is 569. The quantitative estimate of drug-likeness (QED) is 0.834. The van der Waals surface area contributed by atoms with Crippen LogP contribution in [0.4, 0.5) is 5.82 Å². The van der Waals surface area contributed by atoms with Crippen LogP contribution in [-0.4, -0.2) is 39.7 Å². The molecular formula is C14H23N3O3S. The highest BCUT2D eigenvalue weighted by molar-refractivity contribution is 7.89. The highest BCUT2D eigenvalue weighted by Gasteiger charge is 2.30. The fourth-order valence-corrected chi connectivity index (χ4v) is 3.63. The molecule has 1 aliphatic rings. The standard InChI is InChI=1S/C14H23N3O3S/c1-3-15-13-12(5-4-8-16-13)21(18,19)17-11-14(2)6-9-20-10-7-14/h4-5,8,17H,3,6-7,9-11H2,1-2H3,(H,15,16). The van der Waals surface area contributed by atoms with Crippen molar-refractivity contribution >= 4 is 15.8 Å². The third-order valence-corrected chi connectivity index (χ3v) is 5.23. The number of ether oxygens (including phenoxy) is 1. The number of sulfonamides is 1. The predicted octanol–water partition coefficient (Wildman–Crippen LogP) is 1.61. The number of pyridine rings is 1. The lowest BCUT2D eigenvalue weighted by molar-refractivity contribution is 0.0265. The second-order valence-electron chi connectivity index (χ2n) is 5.63. The number of aromatic nitrogens is 1. The molecule has 1 aromatic heterocycles. The van der Waals surface area contributed by atoms with Gasteiger partial charge in [0.2, 0.25) is 10.0 Å². The van der Waals surface area contributed by atoms with E-state index in [9.17, 15) is 8.42 Å². The average molecular weight is 313 g/mol. The lowest BCUT2D eigenvalue weighted by Gasteiger charge is -2.33. The van der Waals surface area contributed by atoms with Crippen molar-refractivity contribution in [2.24, 2.45) is 5.41 Å². The van der Waals surface area contributed by atoms with E-state index in [4.69, 9.17) is 4.74 Å². The van der Waals surface area contributed by atoms with Crippen molar-refractivity contribution in [3.05, 3.63) is 18.3 Å². The second-order valence-corrected chi connectivity index (χ2v) is 7.36. The topological polar surface area (TPSA) is 80.3 Å². The molecule has 1 aliphatic heterocycles. The van der Waals surface area contributed by atoms with E-state index in [0.29, 0.717) is 32.1 Å². The van der Waals surface area contributed by atoms with Crippen molar-refractivity contribution < 1.29 is 13.2 Å². The lowest BCUT2D eigenvalue weighted by Crippen LogP contribution is -2.39. The SMILES string of the molecule is CCNc1ncccc1S(=O)(=O)NCC1(C)CCOCC1. The summed E-state index contributed by atoms with van der Waals surface area (Å²) in [7, 11) is -3.57. The summed E-state index contributed by atoms with van der Waals surface area (Å²) in [5.41, 5.74) is -0.0497. The normalized spacial score (nSPS) is 18.4. The summed E-state index contributed by atoms with van der Waals surface area (Å²) in [5.74, 6) is 0.393. The number of nitrogens with zero attached hydrogens (tertiary/aromatic N) is 1. The van der Waals surface area contributed by atoms with Crippen LogP contribution in [0.2, 0.25) is 0 Å². The third kappa shape index (κ3) is 4.15. The van der Waals surface area contributed by atoms with E-state index < -0.39 is 10.0 Å². The summed E-state index contributed by atoms with van der Waals surface area (Å²) in [6, 6.07) is 3.20. The summed E-state index contributed by atoms with van der Waals surface area (Å²) in [6.45, 7) is 6.41. The number of rotatable bonds is 6. The summed E-state index contributed by atoms with van der Waals surface area (Å²) in [6.07, 6.45) is 3.31. The molecule has 0 aliphatic carbocycles. The molecule has 21 heavy (non-hydrogen) atoms. The van der Waals surface area contributed by atoms with Crippen LogP contribution in [0.3, 0.4) is 0 Å². The van der Waals surface area contributed by atoms with Crippen molar-refractivity contribution in [3.63, 3.8) is 0 Å². The molecule has 118 valence electrons. The summed E-state index contributed by atoms with van der Waals surface area (Å²) >= 11 is 0. The van der Waals surface area contributed by atoms with Gasteiger partial charge in [0.15, 0.2) is 0 Å². The second kappa shape index (κ2) is 6.72. The molecule has 1 saturated heterocycles. The molecule has 7 heteroatoms. The minimum absolute atomic E-state index is 0.0497. The van der Waals surface area contributed by atoms with E-state index in [0.717, 1.165) is 12.8 Å². The van der Waals surface area contributed by atoms with Crippen LogP contribution >= 0.6 is 0 Å². The van der Waals surface area contributed by atoms with Crippen molar-refractivity contribution in [1.82, 2.24) is 9.71 Å². The largest absolute Gasteiger partial charge is 0.381 e. The Morgan fingerprint density at radius 3 is 2.76 bits per heavy atom. The zero-order valence-electron chi connectivity index (χ0n) is 12.6. The van der Waals surface area contributed by atoms with Crippen LogP contribution in [0.5, 0.6) is 0 Å². The van der Waals surface area contributed by atoms with Crippen molar-refractivity contribution in [1.29, 1.82) is 0 Å². The minimum atomic E-state index is -3.57. The molecule has 0 unspecified atom stereocenters. The van der Waals surface area contributed by atoms with Crippen LogP contribution < -0.4 is 10.0 Å². The third-order valence-electron chi connectivity index (χ3n) is 3.79. The maximum Gasteiger partial charge on any atom is 0.244 e. The van der Waals surface area contributed by atoms with Gasteiger partial charge in [0.1, 0.15) is 10.7 Å². The molecule has 2 N–H and O–H groups in total. The Morgan fingerprint density at radius 1 is 1.38 bits per heavy atom. The Hall–Kier alpha value is -1.18. The first-order valence-electron chi connectivity index (χ1n) is 7.23. The van der Waals surface area contributed by atoms with Crippen LogP contribution in [0, 0.1) is 5.41 Å². The van der Waals surface area contributed by atoms with Gasteiger partial charge in [0.05, 0.1) is 0 Å². The number of hydrogen-bond acceptors (Lipinski definition) is 5. The molecule has 1 aromatic rings. The van der Waals surface area contributed by atoms with Gasteiger partial charge in [-0.3, -0.25) is 0 Å². The molecule has 0 saturated carbocycles. The smallest absolute Gasteiger partial charge is 0.244 e. The molecule has 0 spiro atoms. The van der Waals surface area contributed by atoms with Gasteiger partial charge in [0, 0.05) is 32.5 Å². The monoisotopic (exact) mass is 313 g/mol. The Kier molecular flexibility index (Phi) is 5.18. The maximum absolute atomic E-state index is 12.5. The predicted molar refractivity (Wildman–Crippen MR) is 81.7 cm³/mol.